The molecule has 17 heavy (non-hydrogen) atoms. The van der Waals surface area contributed by atoms with Gasteiger partial charge in [-0.15, -0.1) is 0 Å². The minimum Gasteiger partial charge on any atom is -0.481 e. The predicted molar refractivity (Wildman–Crippen MR) is 66.1 cm³/mol. The van der Waals surface area contributed by atoms with Gasteiger partial charge in [-0.1, -0.05) is 18.2 Å². The first-order valence-electron chi connectivity index (χ1n) is 6.54. The van der Waals surface area contributed by atoms with Crippen LogP contribution >= 0.6 is 0 Å². The number of fused-ring (bicyclic) bond motifs is 1. The highest BCUT2D eigenvalue weighted by atomic mass is 16.4. The van der Waals surface area contributed by atoms with E-state index in [-0.39, 0.29) is 0 Å². The molecule has 0 saturated heterocycles. The number of carboxylic acids is 1. The zero-order valence-corrected chi connectivity index (χ0v) is 10.0. The zero-order valence-electron chi connectivity index (χ0n) is 10.0. The Hall–Kier alpha value is -1.31. The maximum atomic E-state index is 11.3. The molecule has 3 rings (SSSR count). The predicted octanol–water partition coefficient (Wildman–Crippen LogP) is 2.97. The number of rotatable bonds is 3. The van der Waals surface area contributed by atoms with Crippen LogP contribution in [0.2, 0.25) is 0 Å². The molecule has 0 amide bonds. The van der Waals surface area contributed by atoms with E-state index in [1.165, 1.54) is 36.0 Å². The minimum atomic E-state index is -0.606. The van der Waals surface area contributed by atoms with Gasteiger partial charge in [-0.2, -0.15) is 0 Å². The van der Waals surface area contributed by atoms with Gasteiger partial charge in [-0.25, -0.2) is 0 Å². The van der Waals surface area contributed by atoms with E-state index in [4.69, 9.17) is 0 Å². The number of hydrogen-bond acceptors (Lipinski definition) is 1. The number of aryl methyl sites for hydroxylation is 1. The minimum absolute atomic E-state index is 0.424. The fourth-order valence-corrected chi connectivity index (χ4v) is 3.01. The molecule has 2 aliphatic carbocycles. The molecule has 1 aromatic rings. The highest BCUT2D eigenvalue weighted by molar-refractivity contribution is 5.78. The topological polar surface area (TPSA) is 37.3 Å². The molecule has 0 unspecified atom stereocenters. The van der Waals surface area contributed by atoms with Crippen molar-refractivity contribution < 1.29 is 9.90 Å². The Morgan fingerprint density at radius 2 is 2.00 bits per heavy atom. The van der Waals surface area contributed by atoms with Crippen LogP contribution in [0.1, 0.15) is 42.4 Å². The number of carboxylic acid groups (broad SMARTS) is 1. The van der Waals surface area contributed by atoms with Gasteiger partial charge < -0.3 is 5.11 Å². The van der Waals surface area contributed by atoms with Crippen molar-refractivity contribution in [1.29, 1.82) is 0 Å². The molecule has 2 heteroatoms. The lowest BCUT2D eigenvalue weighted by Crippen LogP contribution is -2.19. The van der Waals surface area contributed by atoms with Crippen LogP contribution in [0, 0.1) is 5.41 Å². The van der Waals surface area contributed by atoms with Gasteiger partial charge in [0.1, 0.15) is 0 Å². The molecular formula is C15H18O2. The average Bonchev–Trinajstić information content (AvgIpc) is 3.11. The smallest absolute Gasteiger partial charge is 0.309 e. The largest absolute Gasteiger partial charge is 0.481 e. The monoisotopic (exact) mass is 230 g/mol. The molecular weight excluding hydrogens is 212 g/mol. The highest BCUT2D eigenvalue weighted by Crippen LogP contribution is 2.49. The summed E-state index contributed by atoms with van der Waals surface area (Å²) >= 11 is 0. The third kappa shape index (κ3) is 1.86. The van der Waals surface area contributed by atoms with Crippen LogP contribution in [0.4, 0.5) is 0 Å². The average molecular weight is 230 g/mol. The summed E-state index contributed by atoms with van der Waals surface area (Å²) in [6.07, 6.45) is 7.29. The molecule has 0 aromatic heterocycles. The van der Waals surface area contributed by atoms with Crippen LogP contribution in [0.3, 0.4) is 0 Å². The van der Waals surface area contributed by atoms with Gasteiger partial charge in [0.05, 0.1) is 5.41 Å². The second-order valence-corrected chi connectivity index (χ2v) is 5.52. The molecule has 2 nitrogen and oxygen atoms in total. The third-order valence-corrected chi connectivity index (χ3v) is 4.33. The van der Waals surface area contributed by atoms with Gasteiger partial charge in [0.25, 0.3) is 0 Å². The van der Waals surface area contributed by atoms with E-state index in [2.05, 4.69) is 18.2 Å². The Labute approximate surface area is 102 Å². The summed E-state index contributed by atoms with van der Waals surface area (Å²) < 4.78 is 0. The van der Waals surface area contributed by atoms with E-state index in [9.17, 15) is 9.90 Å². The third-order valence-electron chi connectivity index (χ3n) is 4.33. The van der Waals surface area contributed by atoms with Crippen molar-refractivity contribution >= 4 is 5.97 Å². The lowest BCUT2D eigenvalue weighted by molar-refractivity contribution is -0.143. The van der Waals surface area contributed by atoms with Gasteiger partial charge in [-0.05, 0) is 61.6 Å². The summed E-state index contributed by atoms with van der Waals surface area (Å²) in [5.74, 6) is -0.606. The summed E-state index contributed by atoms with van der Waals surface area (Å²) in [5.41, 5.74) is 3.77. The van der Waals surface area contributed by atoms with Gasteiger partial charge in [-0.3, -0.25) is 4.79 Å². The lowest BCUT2D eigenvalue weighted by Gasteiger charge is -2.21. The van der Waals surface area contributed by atoms with E-state index in [0.717, 1.165) is 25.7 Å². The van der Waals surface area contributed by atoms with Crippen molar-refractivity contribution in [3.05, 3.63) is 34.9 Å². The molecule has 0 atom stereocenters. The van der Waals surface area contributed by atoms with Crippen molar-refractivity contribution in [2.45, 2.75) is 44.9 Å². The molecule has 0 radical (unpaired) electrons. The maximum absolute atomic E-state index is 11.3. The van der Waals surface area contributed by atoms with E-state index in [1.807, 2.05) is 0 Å². The summed E-state index contributed by atoms with van der Waals surface area (Å²) in [4.78, 5) is 11.3. The van der Waals surface area contributed by atoms with Crippen LogP contribution in [0.5, 0.6) is 0 Å². The maximum Gasteiger partial charge on any atom is 0.309 e. The van der Waals surface area contributed by atoms with Gasteiger partial charge >= 0.3 is 5.97 Å². The van der Waals surface area contributed by atoms with Crippen LogP contribution in [0.25, 0.3) is 0 Å². The molecule has 0 bridgehead atoms. The Balaban J connectivity index is 1.91. The fourth-order valence-electron chi connectivity index (χ4n) is 3.01. The molecule has 0 aliphatic heterocycles. The Kier molecular flexibility index (Phi) is 2.46. The SMILES string of the molecule is O=C(O)C1(Cc2cccc3c2CCCC3)CC1. The van der Waals surface area contributed by atoms with Crippen molar-refractivity contribution in [2.24, 2.45) is 5.41 Å². The summed E-state index contributed by atoms with van der Waals surface area (Å²) in [6, 6.07) is 6.43. The van der Waals surface area contributed by atoms with Crippen LogP contribution < -0.4 is 0 Å². The van der Waals surface area contributed by atoms with E-state index < -0.39 is 11.4 Å². The van der Waals surface area contributed by atoms with Crippen molar-refractivity contribution in [2.75, 3.05) is 0 Å². The van der Waals surface area contributed by atoms with Crippen molar-refractivity contribution in [3.63, 3.8) is 0 Å². The van der Waals surface area contributed by atoms with Crippen LogP contribution in [-0.2, 0) is 24.1 Å². The zero-order chi connectivity index (χ0) is 11.9. The van der Waals surface area contributed by atoms with Gasteiger partial charge in [0.2, 0.25) is 0 Å². The second kappa shape index (κ2) is 3.86. The highest BCUT2D eigenvalue weighted by Gasteiger charge is 2.50. The molecule has 1 N–H and O–H groups in total. The first-order valence-corrected chi connectivity index (χ1v) is 6.54. The second-order valence-electron chi connectivity index (χ2n) is 5.52. The molecule has 1 fully saturated rings. The number of carbonyl (C=O) groups is 1. The fraction of sp³-hybridized carbons (Fsp3) is 0.533. The van der Waals surface area contributed by atoms with Crippen molar-refractivity contribution in [3.8, 4) is 0 Å². The van der Waals surface area contributed by atoms with E-state index in [1.54, 1.807) is 0 Å². The summed E-state index contributed by atoms with van der Waals surface area (Å²) in [7, 11) is 0. The first-order chi connectivity index (χ1) is 8.21. The van der Waals surface area contributed by atoms with Crippen LogP contribution in [0.15, 0.2) is 18.2 Å². The standard InChI is InChI=1S/C15H18O2/c16-14(17)15(8-9-15)10-12-6-3-5-11-4-1-2-7-13(11)12/h3,5-6H,1-2,4,7-10H2,(H,16,17). The molecule has 90 valence electrons. The Morgan fingerprint density at radius 1 is 1.24 bits per heavy atom. The van der Waals surface area contributed by atoms with Crippen molar-refractivity contribution in [1.82, 2.24) is 0 Å². The number of aliphatic carboxylic acids is 1. The quantitative estimate of drug-likeness (QED) is 0.866. The molecule has 1 aromatic carbocycles. The summed E-state index contributed by atoms with van der Waals surface area (Å²) in [5, 5.41) is 9.27. The molecule has 1 saturated carbocycles. The number of benzene rings is 1. The van der Waals surface area contributed by atoms with E-state index in [0.29, 0.717) is 0 Å². The molecule has 0 spiro atoms. The van der Waals surface area contributed by atoms with Gasteiger partial charge in [0, 0.05) is 0 Å². The Morgan fingerprint density at radius 3 is 2.71 bits per heavy atom. The Bertz CT molecular complexity index is 458. The first kappa shape index (κ1) is 10.8. The lowest BCUT2D eigenvalue weighted by atomic mass is 9.84. The van der Waals surface area contributed by atoms with Crippen LogP contribution in [-0.4, -0.2) is 11.1 Å². The normalized spacial score (nSPS) is 20.7. The molecule has 0 heterocycles. The van der Waals surface area contributed by atoms with Gasteiger partial charge in [0.15, 0.2) is 0 Å². The van der Waals surface area contributed by atoms with E-state index >= 15 is 0 Å². The number of hydrogen-bond donors (Lipinski definition) is 1. The molecule has 2 aliphatic rings. The summed E-state index contributed by atoms with van der Waals surface area (Å²) in [6.45, 7) is 0.